The van der Waals surface area contributed by atoms with Gasteiger partial charge in [-0.2, -0.15) is 0 Å². The van der Waals surface area contributed by atoms with Crippen LogP contribution < -0.4 is 11.1 Å². The van der Waals surface area contributed by atoms with Crippen molar-refractivity contribution < 1.29 is 13.9 Å². The summed E-state index contributed by atoms with van der Waals surface area (Å²) in [6, 6.07) is 4.04. The maximum Gasteiger partial charge on any atom is 0.250 e. The first-order chi connectivity index (χ1) is 9.02. The summed E-state index contributed by atoms with van der Waals surface area (Å²) < 4.78 is 18.7. The highest BCUT2D eigenvalue weighted by Crippen LogP contribution is 2.17. The predicted molar refractivity (Wildman–Crippen MR) is 74.3 cm³/mol. The van der Waals surface area contributed by atoms with Crippen LogP contribution in [0.3, 0.4) is 0 Å². The molecule has 0 aromatic heterocycles. The molecule has 1 rings (SSSR count). The molecule has 5 heteroatoms. The first-order valence-electron chi connectivity index (χ1n) is 6.45. The molecule has 4 nitrogen and oxygen atoms in total. The molecule has 1 aromatic carbocycles. The molecular weight excluding hydrogens is 247 g/mol. The van der Waals surface area contributed by atoms with Crippen molar-refractivity contribution in [3.63, 3.8) is 0 Å². The highest BCUT2D eigenvalue weighted by molar-refractivity contribution is 5.92. The average Bonchev–Trinajstić information content (AvgIpc) is 2.34. The zero-order chi connectivity index (χ0) is 14.3. The van der Waals surface area contributed by atoms with Crippen LogP contribution >= 0.6 is 0 Å². The Balaban J connectivity index is 2.37. The van der Waals surface area contributed by atoms with Crippen LogP contribution in [0, 0.1) is 11.7 Å². The summed E-state index contributed by atoms with van der Waals surface area (Å²) in [5, 5.41) is 2.44. The van der Waals surface area contributed by atoms with E-state index >= 15 is 0 Å². The number of nitrogens with one attached hydrogen (secondary N) is 1. The van der Waals surface area contributed by atoms with Crippen molar-refractivity contribution in [2.45, 2.75) is 26.7 Å². The third-order valence-corrected chi connectivity index (χ3v) is 2.68. The fourth-order valence-electron chi connectivity index (χ4n) is 1.75. The van der Waals surface area contributed by atoms with E-state index in [2.05, 4.69) is 19.2 Å². The molecule has 1 atom stereocenters. The Morgan fingerprint density at radius 3 is 2.95 bits per heavy atom. The highest BCUT2D eigenvalue weighted by Gasteiger charge is 2.08. The van der Waals surface area contributed by atoms with E-state index in [0.717, 1.165) is 12.8 Å². The molecular formula is C14H21FN2O2. The Kier molecular flexibility index (Phi) is 6.29. The minimum Gasteiger partial charge on any atom is -0.399 e. The van der Waals surface area contributed by atoms with Crippen molar-refractivity contribution in [1.29, 1.82) is 0 Å². The third-order valence-electron chi connectivity index (χ3n) is 2.68. The highest BCUT2D eigenvalue weighted by atomic mass is 19.1. The topological polar surface area (TPSA) is 64.3 Å². The fraction of sp³-hybridized carbons (Fsp3) is 0.500. The molecule has 1 aromatic rings. The summed E-state index contributed by atoms with van der Waals surface area (Å²) in [6.07, 6.45) is 2.15. The minimum atomic E-state index is -0.512. The third kappa shape index (κ3) is 5.70. The molecule has 1 amide bonds. The lowest BCUT2D eigenvalue weighted by Gasteiger charge is -2.11. The number of nitrogen functional groups attached to an aromatic ring is 1. The van der Waals surface area contributed by atoms with Gasteiger partial charge in [-0.05, 0) is 30.5 Å². The van der Waals surface area contributed by atoms with Crippen LogP contribution in [0.1, 0.15) is 26.7 Å². The lowest BCUT2D eigenvalue weighted by atomic mass is 10.1. The number of carbonyl (C=O) groups excluding carboxylic acids is 1. The molecule has 0 bridgehead atoms. The number of ether oxygens (including phenoxy) is 1. The second-order valence-corrected chi connectivity index (χ2v) is 4.70. The van der Waals surface area contributed by atoms with E-state index in [-0.39, 0.29) is 18.2 Å². The number of carbonyl (C=O) groups is 1. The molecule has 0 saturated carbocycles. The van der Waals surface area contributed by atoms with Gasteiger partial charge >= 0.3 is 0 Å². The molecule has 3 N–H and O–H groups in total. The molecule has 0 aliphatic rings. The number of anilines is 2. The van der Waals surface area contributed by atoms with Gasteiger partial charge in [-0.25, -0.2) is 4.39 Å². The smallest absolute Gasteiger partial charge is 0.250 e. The van der Waals surface area contributed by atoms with Crippen molar-refractivity contribution in [3.8, 4) is 0 Å². The number of benzene rings is 1. The fourth-order valence-corrected chi connectivity index (χ4v) is 1.75. The lowest BCUT2D eigenvalue weighted by molar-refractivity contribution is -0.121. The van der Waals surface area contributed by atoms with E-state index in [9.17, 15) is 9.18 Å². The summed E-state index contributed by atoms with van der Waals surface area (Å²) in [4.78, 5) is 11.6. The average molecular weight is 268 g/mol. The van der Waals surface area contributed by atoms with Crippen LogP contribution in [0.4, 0.5) is 15.8 Å². The van der Waals surface area contributed by atoms with Crippen molar-refractivity contribution in [2.75, 3.05) is 24.3 Å². The van der Waals surface area contributed by atoms with E-state index in [1.54, 1.807) is 0 Å². The number of nitrogens with two attached hydrogens (primary N) is 1. The van der Waals surface area contributed by atoms with Crippen LogP contribution in [-0.2, 0) is 9.53 Å². The van der Waals surface area contributed by atoms with Crippen molar-refractivity contribution in [1.82, 2.24) is 0 Å². The van der Waals surface area contributed by atoms with Crippen LogP contribution in [0.2, 0.25) is 0 Å². The maximum absolute atomic E-state index is 13.4. The quantitative estimate of drug-likeness (QED) is 0.747. The SMILES string of the molecule is CCCC(C)COCC(=O)Nc1cc(N)ccc1F. The normalized spacial score (nSPS) is 12.2. The lowest BCUT2D eigenvalue weighted by Crippen LogP contribution is -2.20. The first kappa shape index (κ1) is 15.4. The number of halogens is 1. The van der Waals surface area contributed by atoms with Gasteiger partial charge in [0.2, 0.25) is 5.91 Å². The van der Waals surface area contributed by atoms with E-state index in [1.807, 2.05) is 0 Å². The van der Waals surface area contributed by atoms with Gasteiger partial charge in [-0.3, -0.25) is 4.79 Å². The van der Waals surface area contributed by atoms with Gasteiger partial charge in [0.1, 0.15) is 12.4 Å². The summed E-state index contributed by atoms with van der Waals surface area (Å²) in [5.74, 6) is -0.475. The Morgan fingerprint density at radius 1 is 1.53 bits per heavy atom. The van der Waals surface area contributed by atoms with Crippen molar-refractivity contribution in [3.05, 3.63) is 24.0 Å². The van der Waals surface area contributed by atoms with Gasteiger partial charge in [0.25, 0.3) is 0 Å². The predicted octanol–water partition coefficient (Wildman–Crippen LogP) is 2.80. The van der Waals surface area contributed by atoms with Crippen molar-refractivity contribution >= 4 is 17.3 Å². The molecule has 0 aliphatic heterocycles. The van der Waals surface area contributed by atoms with Gasteiger partial charge in [0.15, 0.2) is 0 Å². The Morgan fingerprint density at radius 2 is 2.26 bits per heavy atom. The molecule has 0 heterocycles. The van der Waals surface area contributed by atoms with E-state index in [1.165, 1.54) is 18.2 Å². The number of rotatable bonds is 7. The second-order valence-electron chi connectivity index (χ2n) is 4.70. The van der Waals surface area contributed by atoms with Gasteiger partial charge in [0.05, 0.1) is 5.69 Å². The Labute approximate surface area is 113 Å². The van der Waals surface area contributed by atoms with Gasteiger partial charge in [-0.1, -0.05) is 20.3 Å². The molecule has 19 heavy (non-hydrogen) atoms. The molecule has 0 spiro atoms. The summed E-state index contributed by atoms with van der Waals surface area (Å²) in [5.41, 5.74) is 6.00. The molecule has 106 valence electrons. The molecule has 0 fully saturated rings. The standard InChI is InChI=1S/C14H21FN2O2/c1-3-4-10(2)8-19-9-14(18)17-13-7-11(16)5-6-12(13)15/h5-7,10H,3-4,8-9,16H2,1-2H3,(H,17,18). The Bertz CT molecular complexity index is 424. The van der Waals surface area contributed by atoms with Crippen LogP contribution in [-0.4, -0.2) is 19.1 Å². The molecule has 0 aliphatic carbocycles. The van der Waals surface area contributed by atoms with Crippen LogP contribution in [0.15, 0.2) is 18.2 Å². The second kappa shape index (κ2) is 7.74. The van der Waals surface area contributed by atoms with E-state index < -0.39 is 5.82 Å². The monoisotopic (exact) mass is 268 g/mol. The molecule has 0 saturated heterocycles. The number of amides is 1. The number of hydrogen-bond acceptors (Lipinski definition) is 3. The van der Waals surface area contributed by atoms with Gasteiger partial charge in [-0.15, -0.1) is 0 Å². The molecule has 0 radical (unpaired) electrons. The van der Waals surface area contributed by atoms with Crippen molar-refractivity contribution in [2.24, 2.45) is 5.92 Å². The van der Waals surface area contributed by atoms with Crippen LogP contribution in [0.5, 0.6) is 0 Å². The summed E-state index contributed by atoms with van der Waals surface area (Å²) >= 11 is 0. The van der Waals surface area contributed by atoms with Gasteiger partial charge in [0, 0.05) is 12.3 Å². The summed E-state index contributed by atoms with van der Waals surface area (Å²) in [6.45, 7) is 4.62. The maximum atomic E-state index is 13.4. The largest absolute Gasteiger partial charge is 0.399 e. The van der Waals surface area contributed by atoms with E-state index in [0.29, 0.717) is 18.2 Å². The van der Waals surface area contributed by atoms with Crippen LogP contribution in [0.25, 0.3) is 0 Å². The Hall–Kier alpha value is -1.62. The number of hydrogen-bond donors (Lipinski definition) is 2. The zero-order valence-corrected chi connectivity index (χ0v) is 11.4. The molecule has 1 unspecified atom stereocenters. The summed E-state index contributed by atoms with van der Waals surface area (Å²) in [7, 11) is 0. The first-order valence-corrected chi connectivity index (χ1v) is 6.45. The minimum absolute atomic E-state index is 0.0789. The van der Waals surface area contributed by atoms with Gasteiger partial charge < -0.3 is 15.8 Å². The van der Waals surface area contributed by atoms with E-state index in [4.69, 9.17) is 10.5 Å². The zero-order valence-electron chi connectivity index (χ0n) is 11.4.